The van der Waals surface area contributed by atoms with E-state index in [0.29, 0.717) is 43.8 Å². The van der Waals surface area contributed by atoms with Crippen molar-refractivity contribution in [3.8, 4) is 0 Å². The predicted molar refractivity (Wildman–Crippen MR) is 85.6 cm³/mol. The summed E-state index contributed by atoms with van der Waals surface area (Å²) >= 11 is 0. The number of carbonyl (C=O) groups is 1. The summed E-state index contributed by atoms with van der Waals surface area (Å²) in [6, 6.07) is 1.48. The number of hydrogen-bond acceptors (Lipinski definition) is 6. The molecule has 8 nitrogen and oxygen atoms in total. The van der Waals surface area contributed by atoms with E-state index in [4.69, 9.17) is 4.74 Å². The average Bonchev–Trinajstić information content (AvgIpc) is 2.60. The molecular weight excluding hydrogens is 310 g/mol. The molecule has 1 aliphatic rings. The first-order valence-electron chi connectivity index (χ1n) is 7.84. The lowest BCUT2D eigenvalue weighted by Gasteiger charge is -2.33. The van der Waals surface area contributed by atoms with Crippen molar-refractivity contribution in [2.45, 2.75) is 25.9 Å². The lowest BCUT2D eigenvalue weighted by Crippen LogP contribution is -2.46. The predicted octanol–water partition coefficient (Wildman–Crippen LogP) is 0.342. The van der Waals surface area contributed by atoms with Crippen LogP contribution in [0.2, 0.25) is 0 Å². The minimum atomic E-state index is -0.166. The highest BCUT2D eigenvalue weighted by atomic mass is 16.5. The molecule has 1 atom stereocenters. The Morgan fingerprint density at radius 3 is 3.12 bits per heavy atom. The molecule has 0 unspecified atom stereocenters. The standard InChI is InChI=1S/C16H19N5O3/c1-11-14(7-17-9-18-11)16(23)21-4-5-24-13(8-21)3-2-12-6-15(22)20-10-19-12/h6-7,9-10,13H,2-5,8H2,1H3,(H,19,20,22)/t13-/m0/s1. The third-order valence-corrected chi connectivity index (χ3v) is 4.03. The highest BCUT2D eigenvalue weighted by Crippen LogP contribution is 2.15. The molecule has 1 fully saturated rings. The third kappa shape index (κ3) is 3.83. The van der Waals surface area contributed by atoms with E-state index in [1.54, 1.807) is 18.0 Å². The fourth-order valence-electron chi connectivity index (χ4n) is 2.70. The van der Waals surface area contributed by atoms with Crippen LogP contribution in [-0.2, 0) is 11.2 Å². The Bertz CT molecular complexity index is 776. The number of amides is 1. The zero-order valence-electron chi connectivity index (χ0n) is 13.4. The summed E-state index contributed by atoms with van der Waals surface area (Å²) in [7, 11) is 0. The van der Waals surface area contributed by atoms with Gasteiger partial charge in [-0.3, -0.25) is 9.59 Å². The van der Waals surface area contributed by atoms with Gasteiger partial charge in [-0.1, -0.05) is 0 Å². The first-order valence-corrected chi connectivity index (χ1v) is 7.84. The van der Waals surface area contributed by atoms with Crippen LogP contribution in [-0.4, -0.2) is 56.5 Å². The Labute approximate surface area is 138 Å². The molecule has 0 saturated carbocycles. The van der Waals surface area contributed by atoms with Gasteiger partial charge < -0.3 is 14.6 Å². The molecule has 8 heteroatoms. The quantitative estimate of drug-likeness (QED) is 0.868. The Morgan fingerprint density at radius 1 is 1.46 bits per heavy atom. The number of morpholine rings is 1. The molecule has 0 spiro atoms. The van der Waals surface area contributed by atoms with E-state index < -0.39 is 0 Å². The van der Waals surface area contributed by atoms with Gasteiger partial charge in [0.1, 0.15) is 6.33 Å². The van der Waals surface area contributed by atoms with Crippen molar-refractivity contribution in [3.05, 3.63) is 52.2 Å². The van der Waals surface area contributed by atoms with E-state index in [1.165, 1.54) is 18.7 Å². The molecule has 3 heterocycles. The highest BCUT2D eigenvalue weighted by molar-refractivity contribution is 5.94. The van der Waals surface area contributed by atoms with E-state index in [0.717, 1.165) is 5.69 Å². The number of hydrogen-bond donors (Lipinski definition) is 1. The Morgan fingerprint density at radius 2 is 2.33 bits per heavy atom. The smallest absolute Gasteiger partial charge is 0.257 e. The number of nitrogens with zero attached hydrogens (tertiary/aromatic N) is 4. The number of aryl methyl sites for hydroxylation is 2. The maximum Gasteiger partial charge on any atom is 0.257 e. The molecular formula is C16H19N5O3. The van der Waals surface area contributed by atoms with Crippen LogP contribution in [0.5, 0.6) is 0 Å². The lowest BCUT2D eigenvalue weighted by atomic mass is 10.1. The second-order valence-electron chi connectivity index (χ2n) is 5.71. The molecule has 126 valence electrons. The fourth-order valence-corrected chi connectivity index (χ4v) is 2.70. The summed E-state index contributed by atoms with van der Waals surface area (Å²) in [4.78, 5) is 40.3. The Balaban J connectivity index is 1.61. The number of nitrogens with one attached hydrogen (secondary N) is 1. The van der Waals surface area contributed by atoms with Crippen LogP contribution in [0.15, 0.2) is 29.7 Å². The van der Waals surface area contributed by atoms with Crippen LogP contribution in [0.1, 0.15) is 28.2 Å². The highest BCUT2D eigenvalue weighted by Gasteiger charge is 2.26. The molecule has 0 aromatic carbocycles. The van der Waals surface area contributed by atoms with Crippen molar-refractivity contribution < 1.29 is 9.53 Å². The summed E-state index contributed by atoms with van der Waals surface area (Å²) in [5.41, 5.74) is 1.75. The lowest BCUT2D eigenvalue weighted by molar-refractivity contribution is -0.0247. The Kier molecular flexibility index (Phi) is 4.95. The minimum Gasteiger partial charge on any atom is -0.375 e. The number of aromatic amines is 1. The third-order valence-electron chi connectivity index (χ3n) is 4.03. The molecule has 1 amide bonds. The molecule has 2 aromatic rings. The zero-order chi connectivity index (χ0) is 16.9. The molecule has 24 heavy (non-hydrogen) atoms. The van der Waals surface area contributed by atoms with E-state index in [-0.39, 0.29) is 17.6 Å². The normalized spacial score (nSPS) is 17.7. The van der Waals surface area contributed by atoms with Crippen molar-refractivity contribution in [1.82, 2.24) is 24.8 Å². The van der Waals surface area contributed by atoms with Crippen molar-refractivity contribution >= 4 is 5.91 Å². The molecule has 3 rings (SSSR count). The molecule has 2 aromatic heterocycles. The van der Waals surface area contributed by atoms with Crippen molar-refractivity contribution in [2.24, 2.45) is 0 Å². The zero-order valence-corrected chi connectivity index (χ0v) is 13.4. The monoisotopic (exact) mass is 329 g/mol. The van der Waals surface area contributed by atoms with Gasteiger partial charge in [-0.05, 0) is 19.8 Å². The second-order valence-corrected chi connectivity index (χ2v) is 5.71. The summed E-state index contributed by atoms with van der Waals surface area (Å²) in [6.07, 6.45) is 5.63. The molecule has 0 aliphatic carbocycles. The fraction of sp³-hybridized carbons (Fsp3) is 0.438. The van der Waals surface area contributed by atoms with Gasteiger partial charge in [0, 0.05) is 31.0 Å². The molecule has 1 N–H and O–H groups in total. The number of aromatic nitrogens is 4. The second kappa shape index (κ2) is 7.31. The van der Waals surface area contributed by atoms with Gasteiger partial charge in [0.25, 0.3) is 11.5 Å². The average molecular weight is 329 g/mol. The van der Waals surface area contributed by atoms with E-state index in [9.17, 15) is 9.59 Å². The van der Waals surface area contributed by atoms with Crippen LogP contribution >= 0.6 is 0 Å². The first kappa shape index (κ1) is 16.3. The molecule has 1 aliphatic heterocycles. The van der Waals surface area contributed by atoms with Crippen LogP contribution in [0.3, 0.4) is 0 Å². The molecule has 0 radical (unpaired) electrons. The number of H-pyrrole nitrogens is 1. The van der Waals surface area contributed by atoms with Crippen molar-refractivity contribution in [2.75, 3.05) is 19.7 Å². The maximum atomic E-state index is 12.6. The number of carbonyl (C=O) groups excluding carboxylic acids is 1. The number of rotatable bonds is 4. The largest absolute Gasteiger partial charge is 0.375 e. The van der Waals surface area contributed by atoms with Gasteiger partial charge >= 0.3 is 0 Å². The summed E-state index contributed by atoms with van der Waals surface area (Å²) in [5.74, 6) is -0.0734. The molecule has 1 saturated heterocycles. The summed E-state index contributed by atoms with van der Waals surface area (Å²) in [6.45, 7) is 3.35. The van der Waals surface area contributed by atoms with Gasteiger partial charge in [-0.15, -0.1) is 0 Å². The van der Waals surface area contributed by atoms with Gasteiger partial charge in [-0.25, -0.2) is 15.0 Å². The summed E-state index contributed by atoms with van der Waals surface area (Å²) < 4.78 is 5.74. The van der Waals surface area contributed by atoms with Gasteiger partial charge in [-0.2, -0.15) is 0 Å². The van der Waals surface area contributed by atoms with Crippen LogP contribution in [0, 0.1) is 6.92 Å². The van der Waals surface area contributed by atoms with Crippen LogP contribution in [0.4, 0.5) is 0 Å². The van der Waals surface area contributed by atoms with Crippen LogP contribution in [0.25, 0.3) is 0 Å². The van der Waals surface area contributed by atoms with Crippen molar-refractivity contribution in [3.63, 3.8) is 0 Å². The minimum absolute atomic E-state index is 0.0734. The van der Waals surface area contributed by atoms with E-state index >= 15 is 0 Å². The SMILES string of the molecule is Cc1ncncc1C(=O)N1CCO[C@@H](CCc2cc(=O)[nH]cn2)C1. The number of ether oxygens (including phenoxy) is 1. The topological polar surface area (TPSA) is 101 Å². The van der Waals surface area contributed by atoms with Gasteiger partial charge in [0.15, 0.2) is 0 Å². The van der Waals surface area contributed by atoms with Gasteiger partial charge in [0.05, 0.1) is 30.3 Å². The first-order chi connectivity index (χ1) is 11.6. The van der Waals surface area contributed by atoms with E-state index in [1.807, 2.05) is 0 Å². The van der Waals surface area contributed by atoms with Crippen LogP contribution < -0.4 is 5.56 Å². The molecule has 0 bridgehead atoms. The van der Waals surface area contributed by atoms with Crippen molar-refractivity contribution in [1.29, 1.82) is 0 Å². The summed E-state index contributed by atoms with van der Waals surface area (Å²) in [5, 5.41) is 0. The Hall–Kier alpha value is -2.61. The van der Waals surface area contributed by atoms with E-state index in [2.05, 4.69) is 19.9 Å². The maximum absolute atomic E-state index is 12.6. The van der Waals surface area contributed by atoms with Gasteiger partial charge in [0.2, 0.25) is 0 Å².